The van der Waals surface area contributed by atoms with Crippen molar-refractivity contribution in [2.24, 2.45) is 0 Å². The molecule has 0 aliphatic rings. The standard InChI is InChI=1S/C13H10O3.2C2H6.2HI.V/c14-12-9-5-4-8-11(12)13(15)16-10-6-2-1-3-7-10;2*1-2;;;/h1-9,14H;2*1-2H3;2*1H;/q;;;;;+2/p-2. The topological polar surface area (TPSA) is 46.5 Å². The summed E-state index contributed by atoms with van der Waals surface area (Å²) < 4.78 is 5.08. The first-order valence-electron chi connectivity index (χ1n) is 7.16. The number of phenols is 1. The van der Waals surface area contributed by atoms with Gasteiger partial charge in [0.05, 0.1) is 0 Å². The van der Waals surface area contributed by atoms with Crippen molar-refractivity contribution in [1.29, 1.82) is 0 Å². The number of carbonyl (C=O) groups is 1. The fourth-order valence-electron chi connectivity index (χ4n) is 1.30. The summed E-state index contributed by atoms with van der Waals surface area (Å²) in [6, 6.07) is 15.0. The summed E-state index contributed by atoms with van der Waals surface area (Å²) in [6.45, 7) is 8.00. The Morgan fingerprint density at radius 1 is 0.913 bits per heavy atom. The number of hydrogen-bond donors (Lipinski definition) is 1. The van der Waals surface area contributed by atoms with Crippen LogP contribution in [0.3, 0.4) is 0 Å². The van der Waals surface area contributed by atoms with Gasteiger partial charge in [0.2, 0.25) is 0 Å². The van der Waals surface area contributed by atoms with Gasteiger partial charge in [-0.1, -0.05) is 58.0 Å². The third-order valence-corrected chi connectivity index (χ3v) is 2.08. The predicted molar refractivity (Wildman–Crippen MR) is 110 cm³/mol. The van der Waals surface area contributed by atoms with E-state index in [2.05, 4.69) is 40.0 Å². The summed E-state index contributed by atoms with van der Waals surface area (Å²) in [5.74, 6) is -0.191. The van der Waals surface area contributed by atoms with Gasteiger partial charge in [0.15, 0.2) is 0 Å². The Bertz CT molecular complexity index is 522. The van der Waals surface area contributed by atoms with Crippen molar-refractivity contribution in [1.82, 2.24) is 0 Å². The third-order valence-electron chi connectivity index (χ3n) is 2.08. The van der Waals surface area contributed by atoms with Gasteiger partial charge in [-0.15, -0.1) is 0 Å². The van der Waals surface area contributed by atoms with E-state index in [9.17, 15) is 9.90 Å². The maximum atomic E-state index is 11.7. The molecule has 0 saturated carbocycles. The molecule has 0 bridgehead atoms. The van der Waals surface area contributed by atoms with Gasteiger partial charge in [-0.3, -0.25) is 0 Å². The number of aromatic hydroxyl groups is 1. The number of benzene rings is 2. The van der Waals surface area contributed by atoms with Crippen molar-refractivity contribution >= 4 is 45.9 Å². The zero-order chi connectivity index (χ0) is 18.1. The van der Waals surface area contributed by atoms with Crippen molar-refractivity contribution in [3.8, 4) is 11.5 Å². The van der Waals surface area contributed by atoms with Crippen LogP contribution in [0, 0.1) is 0 Å². The Morgan fingerprint density at radius 3 is 1.83 bits per heavy atom. The summed E-state index contributed by atoms with van der Waals surface area (Å²) in [7, 11) is 0.628. The van der Waals surface area contributed by atoms with Crippen LogP contribution in [-0.4, -0.2) is 11.1 Å². The van der Waals surface area contributed by atoms with Gasteiger partial charge in [0.25, 0.3) is 0 Å². The summed E-state index contributed by atoms with van der Waals surface area (Å²) in [6.07, 6.45) is 0. The van der Waals surface area contributed by atoms with Crippen molar-refractivity contribution in [2.75, 3.05) is 0 Å². The van der Waals surface area contributed by atoms with Crippen molar-refractivity contribution in [3.63, 3.8) is 0 Å². The van der Waals surface area contributed by atoms with Crippen LogP contribution in [-0.2, 0) is 9.47 Å². The molecule has 0 fully saturated rings. The first-order chi connectivity index (χ1) is 11.2. The van der Waals surface area contributed by atoms with Crippen LogP contribution in [0.25, 0.3) is 0 Å². The van der Waals surface area contributed by atoms with Gasteiger partial charge in [0.1, 0.15) is 17.1 Å². The molecule has 3 nitrogen and oxygen atoms in total. The van der Waals surface area contributed by atoms with E-state index >= 15 is 0 Å². The van der Waals surface area contributed by atoms with Gasteiger partial charge in [0, 0.05) is 0 Å². The maximum absolute atomic E-state index is 11.7. The molecule has 2 rings (SSSR count). The molecule has 0 aliphatic carbocycles. The molecular weight excluding hydrogens is 557 g/mol. The van der Waals surface area contributed by atoms with Gasteiger partial charge < -0.3 is 9.84 Å². The van der Waals surface area contributed by atoms with E-state index in [-0.39, 0.29) is 11.3 Å². The predicted octanol–water partition coefficient (Wildman–Crippen LogP) is 6.43. The molecule has 2 aromatic rings. The van der Waals surface area contributed by atoms with E-state index in [0.717, 1.165) is 0 Å². The Balaban J connectivity index is 0. The number of para-hydroxylation sites is 2. The third kappa shape index (κ3) is 11.9. The molecule has 0 amide bonds. The van der Waals surface area contributed by atoms with E-state index in [1.54, 1.807) is 36.4 Å². The number of ether oxygens (including phenoxy) is 1. The average Bonchev–Trinajstić information content (AvgIpc) is 2.60. The zero-order valence-electron chi connectivity index (χ0n) is 13.7. The van der Waals surface area contributed by atoms with Crippen LogP contribution in [0.5, 0.6) is 11.5 Å². The van der Waals surface area contributed by atoms with Crippen molar-refractivity contribution in [3.05, 3.63) is 60.2 Å². The monoisotopic (exact) mass is 579 g/mol. The fourth-order valence-corrected chi connectivity index (χ4v) is 1.30. The first-order valence-corrected chi connectivity index (χ1v) is 16.2. The van der Waals surface area contributed by atoms with Gasteiger partial charge in [-0.05, 0) is 24.3 Å². The van der Waals surface area contributed by atoms with Crippen molar-refractivity contribution < 1.29 is 24.1 Å². The Hall–Kier alpha value is -0.246. The van der Waals surface area contributed by atoms with Gasteiger partial charge in [-0.25, -0.2) is 4.79 Å². The fraction of sp³-hybridized carbons (Fsp3) is 0.235. The quantitative estimate of drug-likeness (QED) is 0.254. The normalized spacial score (nSPS) is 7.91. The van der Waals surface area contributed by atoms with E-state index in [1.807, 2.05) is 33.8 Å². The summed E-state index contributed by atoms with van der Waals surface area (Å²) in [5, 5.41) is 9.46. The number of carbonyl (C=O) groups excluding carboxylic acids is 1. The SMILES string of the molecule is CC.CC.O=C(Oc1ccccc1)c1ccccc1O.[I][V][I]. The molecule has 0 aliphatic heterocycles. The number of hydrogen-bond acceptors (Lipinski definition) is 3. The zero-order valence-corrected chi connectivity index (χ0v) is 19.4. The molecule has 0 heterocycles. The molecule has 0 atom stereocenters. The van der Waals surface area contributed by atoms with Gasteiger partial charge >= 0.3 is 55.4 Å². The number of rotatable bonds is 2. The summed E-state index contributed by atoms with van der Waals surface area (Å²) in [5.41, 5.74) is 0.159. The Labute approximate surface area is 168 Å². The van der Waals surface area contributed by atoms with Crippen LogP contribution < -0.4 is 4.74 Å². The van der Waals surface area contributed by atoms with Crippen LogP contribution in [0.4, 0.5) is 0 Å². The number of halogens is 2. The first kappa shape index (κ1) is 25.0. The minimum atomic E-state index is -0.565. The number of esters is 1. The summed E-state index contributed by atoms with van der Waals surface area (Å²) in [4.78, 5) is 11.7. The molecule has 0 aromatic heterocycles. The van der Waals surface area contributed by atoms with Crippen LogP contribution in [0.1, 0.15) is 38.1 Å². The second-order valence-corrected chi connectivity index (χ2v) is 15.1. The molecule has 0 radical (unpaired) electrons. The van der Waals surface area contributed by atoms with Gasteiger partial charge in [-0.2, -0.15) is 0 Å². The molecule has 0 spiro atoms. The summed E-state index contributed by atoms with van der Waals surface area (Å²) >= 11 is 4.74. The van der Waals surface area contributed by atoms with Crippen LogP contribution in [0.2, 0.25) is 0 Å². The molecular formula is C17H22I2O3V. The Kier molecular flexibility index (Phi) is 19.7. The molecule has 127 valence electrons. The number of phenolic OH excluding ortho intramolecular Hbond substituents is 1. The van der Waals surface area contributed by atoms with E-state index in [1.165, 1.54) is 12.1 Å². The van der Waals surface area contributed by atoms with E-state index < -0.39 is 5.97 Å². The van der Waals surface area contributed by atoms with E-state index in [4.69, 9.17) is 4.74 Å². The molecule has 23 heavy (non-hydrogen) atoms. The van der Waals surface area contributed by atoms with Crippen LogP contribution >= 0.6 is 40.0 Å². The molecule has 2 aromatic carbocycles. The van der Waals surface area contributed by atoms with Crippen LogP contribution in [0.15, 0.2) is 54.6 Å². The second-order valence-electron chi connectivity index (χ2n) is 3.28. The minimum absolute atomic E-state index is 0.0802. The van der Waals surface area contributed by atoms with E-state index in [0.29, 0.717) is 15.2 Å². The average molecular weight is 579 g/mol. The second kappa shape index (κ2) is 18.1. The molecule has 0 unspecified atom stereocenters. The molecule has 0 saturated heterocycles. The van der Waals surface area contributed by atoms with Crippen molar-refractivity contribution in [2.45, 2.75) is 27.7 Å². The molecule has 6 heteroatoms. The Morgan fingerprint density at radius 2 is 1.35 bits per heavy atom. The molecule has 1 N–H and O–H groups in total.